The van der Waals surface area contributed by atoms with Crippen LogP contribution in [-0.2, 0) is 6.61 Å². The number of benzene rings is 3. The Labute approximate surface area is 210 Å². The van der Waals surface area contributed by atoms with Crippen LogP contribution in [0.4, 0.5) is 0 Å². The number of fused-ring (bicyclic) bond motifs is 3. The van der Waals surface area contributed by atoms with Gasteiger partial charge < -0.3 is 9.47 Å². The molecule has 5 nitrogen and oxygen atoms in total. The van der Waals surface area contributed by atoms with Gasteiger partial charge in [-0.05, 0) is 53.6 Å². The normalized spacial score (nSPS) is 12.1. The smallest absolute Gasteiger partial charge is 0.274 e. The van der Waals surface area contributed by atoms with Gasteiger partial charge in [0, 0.05) is 4.47 Å². The van der Waals surface area contributed by atoms with E-state index in [0.29, 0.717) is 37.6 Å². The number of aromatic nitrogens is 2. The van der Waals surface area contributed by atoms with Crippen molar-refractivity contribution in [1.29, 1.82) is 0 Å². The monoisotopic (exact) mass is 560 g/mol. The molecule has 2 heterocycles. The highest BCUT2D eigenvalue weighted by Gasteiger charge is 2.13. The Morgan fingerprint density at radius 2 is 1.91 bits per heavy atom. The van der Waals surface area contributed by atoms with E-state index in [-0.39, 0.29) is 5.56 Å². The third kappa shape index (κ3) is 4.22. The van der Waals surface area contributed by atoms with Crippen LogP contribution in [0.3, 0.4) is 0 Å². The molecule has 166 valence electrons. The van der Waals surface area contributed by atoms with E-state index < -0.39 is 0 Å². The van der Waals surface area contributed by atoms with Crippen molar-refractivity contribution in [2.75, 3.05) is 7.11 Å². The molecule has 9 heteroatoms. The maximum atomic E-state index is 13.1. The van der Waals surface area contributed by atoms with E-state index in [0.717, 1.165) is 26.6 Å². The molecule has 0 unspecified atom stereocenters. The van der Waals surface area contributed by atoms with Crippen LogP contribution < -0.4 is 19.6 Å². The molecule has 5 rings (SSSR count). The number of imidazole rings is 1. The summed E-state index contributed by atoms with van der Waals surface area (Å²) in [5, 5.41) is 0.965. The number of halogens is 3. The quantitative estimate of drug-likeness (QED) is 0.260. The summed E-state index contributed by atoms with van der Waals surface area (Å²) in [7, 11) is 1.57. The van der Waals surface area contributed by atoms with Crippen LogP contribution in [0.15, 0.2) is 63.9 Å². The highest BCUT2D eigenvalue weighted by Crippen LogP contribution is 2.35. The van der Waals surface area contributed by atoms with Gasteiger partial charge >= 0.3 is 0 Å². The fourth-order valence-corrected chi connectivity index (χ4v) is 5.21. The van der Waals surface area contributed by atoms with Gasteiger partial charge in [0.05, 0.1) is 32.7 Å². The van der Waals surface area contributed by atoms with Crippen molar-refractivity contribution in [3.63, 3.8) is 0 Å². The van der Waals surface area contributed by atoms with Crippen molar-refractivity contribution >= 4 is 72.5 Å². The molecule has 0 aliphatic carbocycles. The number of methoxy groups -OCH3 is 1. The lowest BCUT2D eigenvalue weighted by Crippen LogP contribution is -2.22. The Balaban J connectivity index is 1.50. The molecule has 0 spiro atoms. The zero-order valence-corrected chi connectivity index (χ0v) is 21.1. The fraction of sp³-hybridized carbons (Fsp3) is 0.0833. The summed E-state index contributed by atoms with van der Waals surface area (Å²) in [6, 6.07) is 16.6. The SMILES string of the molecule is COc1cc(/C=c2\sc3nc4ccccc4n3c2=O)c(Br)cc1OCc1ccc(Cl)c(Cl)c1. The minimum absolute atomic E-state index is 0.102. The molecule has 0 saturated carbocycles. The Kier molecular flexibility index (Phi) is 6.05. The van der Waals surface area contributed by atoms with Gasteiger partial charge in [0.25, 0.3) is 5.56 Å². The van der Waals surface area contributed by atoms with Gasteiger partial charge in [0.1, 0.15) is 6.61 Å². The fourth-order valence-electron chi connectivity index (χ4n) is 3.48. The zero-order chi connectivity index (χ0) is 23.1. The summed E-state index contributed by atoms with van der Waals surface area (Å²) >= 11 is 17.0. The Hall–Kier alpha value is -2.58. The number of thiazole rings is 1. The molecule has 0 amide bonds. The molecule has 0 bridgehead atoms. The summed E-state index contributed by atoms with van der Waals surface area (Å²) in [6.45, 7) is 0.294. The molecule has 5 aromatic rings. The van der Waals surface area contributed by atoms with Gasteiger partial charge in [0.2, 0.25) is 0 Å². The highest BCUT2D eigenvalue weighted by molar-refractivity contribution is 9.10. The van der Waals surface area contributed by atoms with Crippen molar-refractivity contribution < 1.29 is 9.47 Å². The largest absolute Gasteiger partial charge is 0.493 e. The van der Waals surface area contributed by atoms with Crippen molar-refractivity contribution in [3.05, 3.63) is 95.1 Å². The van der Waals surface area contributed by atoms with Crippen molar-refractivity contribution in [2.24, 2.45) is 0 Å². The third-order valence-electron chi connectivity index (χ3n) is 5.09. The van der Waals surface area contributed by atoms with E-state index in [2.05, 4.69) is 20.9 Å². The summed E-state index contributed by atoms with van der Waals surface area (Å²) in [5.74, 6) is 1.10. The second-order valence-corrected chi connectivity index (χ2v) is 9.87. The first-order valence-electron chi connectivity index (χ1n) is 9.80. The third-order valence-corrected chi connectivity index (χ3v) is 7.49. The molecule has 0 radical (unpaired) electrons. The van der Waals surface area contributed by atoms with Gasteiger partial charge in [-0.3, -0.25) is 4.79 Å². The Bertz CT molecular complexity index is 1630. The Morgan fingerprint density at radius 3 is 2.70 bits per heavy atom. The molecule has 3 aromatic carbocycles. The topological polar surface area (TPSA) is 52.8 Å². The van der Waals surface area contributed by atoms with Crippen LogP contribution in [0.2, 0.25) is 10.0 Å². The van der Waals surface area contributed by atoms with Gasteiger partial charge in [0.15, 0.2) is 16.5 Å². The van der Waals surface area contributed by atoms with E-state index in [9.17, 15) is 4.79 Å². The molecule has 0 saturated heterocycles. The minimum atomic E-state index is -0.102. The number of hydrogen-bond acceptors (Lipinski definition) is 5. The van der Waals surface area contributed by atoms with E-state index in [1.54, 1.807) is 23.6 Å². The number of ether oxygens (including phenoxy) is 2. The van der Waals surface area contributed by atoms with E-state index in [1.807, 2.05) is 48.5 Å². The summed E-state index contributed by atoms with van der Waals surface area (Å²) < 4.78 is 14.5. The Morgan fingerprint density at radius 1 is 1.09 bits per heavy atom. The van der Waals surface area contributed by atoms with E-state index >= 15 is 0 Å². The zero-order valence-electron chi connectivity index (χ0n) is 17.1. The highest BCUT2D eigenvalue weighted by atomic mass is 79.9. The molecule has 0 aliphatic rings. The second kappa shape index (κ2) is 8.99. The van der Waals surface area contributed by atoms with E-state index in [1.165, 1.54) is 11.3 Å². The van der Waals surface area contributed by atoms with Crippen LogP contribution in [0.5, 0.6) is 11.5 Å². The van der Waals surface area contributed by atoms with Gasteiger partial charge in [-0.15, -0.1) is 0 Å². The van der Waals surface area contributed by atoms with Gasteiger partial charge in [-0.1, -0.05) is 68.7 Å². The first-order chi connectivity index (χ1) is 15.9. The van der Waals surface area contributed by atoms with Crippen molar-refractivity contribution in [2.45, 2.75) is 6.61 Å². The molecular formula is C24H15BrCl2N2O3S. The van der Waals surface area contributed by atoms with Crippen LogP contribution in [0.25, 0.3) is 22.1 Å². The number of nitrogens with zero attached hydrogens (tertiary/aromatic N) is 2. The molecule has 0 aliphatic heterocycles. The van der Waals surface area contributed by atoms with Crippen LogP contribution in [0.1, 0.15) is 11.1 Å². The van der Waals surface area contributed by atoms with Crippen molar-refractivity contribution in [3.8, 4) is 11.5 Å². The van der Waals surface area contributed by atoms with Gasteiger partial charge in [-0.2, -0.15) is 0 Å². The minimum Gasteiger partial charge on any atom is -0.493 e. The summed E-state index contributed by atoms with van der Waals surface area (Å²) in [5.41, 5.74) is 3.17. The lowest BCUT2D eigenvalue weighted by atomic mass is 10.2. The summed E-state index contributed by atoms with van der Waals surface area (Å²) in [6.07, 6.45) is 1.83. The molecule has 33 heavy (non-hydrogen) atoms. The van der Waals surface area contributed by atoms with Crippen LogP contribution >= 0.6 is 50.5 Å². The first-order valence-corrected chi connectivity index (χ1v) is 12.2. The number of hydrogen-bond donors (Lipinski definition) is 0. The lowest BCUT2D eigenvalue weighted by molar-refractivity contribution is 0.284. The van der Waals surface area contributed by atoms with Gasteiger partial charge in [-0.25, -0.2) is 9.38 Å². The number of rotatable bonds is 5. The average Bonchev–Trinajstić information content (AvgIpc) is 3.32. The maximum absolute atomic E-state index is 13.1. The second-order valence-electron chi connectivity index (χ2n) is 7.20. The molecule has 2 aromatic heterocycles. The summed E-state index contributed by atoms with van der Waals surface area (Å²) in [4.78, 5) is 18.3. The predicted octanol–water partition coefficient (Wildman–Crippen LogP) is 6.11. The predicted molar refractivity (Wildman–Crippen MR) is 137 cm³/mol. The number of para-hydroxylation sites is 2. The average molecular weight is 562 g/mol. The van der Waals surface area contributed by atoms with E-state index in [4.69, 9.17) is 32.7 Å². The molecular weight excluding hydrogens is 547 g/mol. The van der Waals surface area contributed by atoms with Crippen LogP contribution in [0, 0.1) is 0 Å². The molecule has 0 fully saturated rings. The van der Waals surface area contributed by atoms with Crippen molar-refractivity contribution in [1.82, 2.24) is 9.38 Å². The lowest BCUT2D eigenvalue weighted by Gasteiger charge is -2.13. The standard InChI is InChI=1S/C24H15BrCl2N2O3S/c1-31-20-9-14(15(25)11-21(20)32-12-13-6-7-16(26)17(27)8-13)10-22-23(30)29-19-5-3-2-4-18(19)28-24(29)33-22/h2-11H,12H2,1H3/b22-10-. The van der Waals surface area contributed by atoms with Crippen LogP contribution in [-0.4, -0.2) is 16.5 Å². The first kappa shape index (κ1) is 22.2. The molecule has 0 N–H and O–H groups in total. The molecule has 0 atom stereocenters. The maximum Gasteiger partial charge on any atom is 0.274 e.